The number of hydrogen-bond donors (Lipinski definition) is 2. The van der Waals surface area contributed by atoms with E-state index in [4.69, 9.17) is 5.14 Å². The summed E-state index contributed by atoms with van der Waals surface area (Å²) in [6.07, 6.45) is 3.97. The smallest absolute Gasteiger partial charge is 0.261 e. The lowest BCUT2D eigenvalue weighted by molar-refractivity contribution is 0.0958. The van der Waals surface area contributed by atoms with E-state index in [1.165, 1.54) is 29.0 Å². The standard InChI is InChI=1S/C18H22N2O3S2/c1-12-2-7-16-14(10-12)11-17(24-16)18(21)20-9-8-13-3-5-15(6-4-13)25(19,22)23/h3-6,11-12H,2,7-10H2,1H3,(H,20,21)(H2,19,22,23)/t12-/m0/s1. The van der Waals surface area contributed by atoms with Gasteiger partial charge in [0.15, 0.2) is 0 Å². The van der Waals surface area contributed by atoms with Gasteiger partial charge in [0.1, 0.15) is 0 Å². The molecule has 134 valence electrons. The number of carbonyl (C=O) groups excluding carboxylic acids is 1. The molecular formula is C18H22N2O3S2. The van der Waals surface area contributed by atoms with E-state index < -0.39 is 10.0 Å². The SMILES string of the molecule is C[C@H]1CCc2sc(C(=O)NCCc3ccc(S(N)(=O)=O)cc3)cc2C1. The van der Waals surface area contributed by atoms with Crippen LogP contribution in [-0.4, -0.2) is 20.9 Å². The van der Waals surface area contributed by atoms with Gasteiger partial charge >= 0.3 is 0 Å². The van der Waals surface area contributed by atoms with Gasteiger partial charge in [-0.2, -0.15) is 0 Å². The van der Waals surface area contributed by atoms with E-state index >= 15 is 0 Å². The van der Waals surface area contributed by atoms with Crippen molar-refractivity contribution in [3.8, 4) is 0 Å². The predicted molar refractivity (Wildman–Crippen MR) is 99.4 cm³/mol. The fraction of sp³-hybridized carbons (Fsp3) is 0.389. The fourth-order valence-electron chi connectivity index (χ4n) is 3.07. The van der Waals surface area contributed by atoms with E-state index in [0.29, 0.717) is 18.9 Å². The Morgan fingerprint density at radius 1 is 1.32 bits per heavy atom. The number of nitrogens with one attached hydrogen (secondary N) is 1. The average molecular weight is 379 g/mol. The van der Waals surface area contributed by atoms with Crippen LogP contribution in [0.4, 0.5) is 0 Å². The fourth-order valence-corrected chi connectivity index (χ4v) is 4.71. The molecule has 1 atom stereocenters. The van der Waals surface area contributed by atoms with Gasteiger partial charge in [0.25, 0.3) is 5.91 Å². The minimum Gasteiger partial charge on any atom is -0.351 e. The van der Waals surface area contributed by atoms with E-state index in [1.54, 1.807) is 23.5 Å². The molecule has 0 saturated heterocycles. The number of nitrogens with two attached hydrogens (primary N) is 1. The summed E-state index contributed by atoms with van der Waals surface area (Å²) in [6, 6.07) is 8.45. The molecule has 0 radical (unpaired) electrons. The second kappa shape index (κ2) is 7.27. The highest BCUT2D eigenvalue weighted by molar-refractivity contribution is 7.89. The molecule has 0 bridgehead atoms. The molecule has 1 aromatic carbocycles. The monoisotopic (exact) mass is 378 g/mol. The van der Waals surface area contributed by atoms with Crippen LogP contribution in [0.1, 0.15) is 39.0 Å². The van der Waals surface area contributed by atoms with Crippen molar-refractivity contribution in [3.63, 3.8) is 0 Å². The zero-order valence-electron chi connectivity index (χ0n) is 14.1. The first-order valence-corrected chi connectivity index (χ1v) is 10.7. The summed E-state index contributed by atoms with van der Waals surface area (Å²) >= 11 is 1.60. The molecule has 1 aliphatic carbocycles. The van der Waals surface area contributed by atoms with Crippen molar-refractivity contribution in [3.05, 3.63) is 51.2 Å². The van der Waals surface area contributed by atoms with Crippen molar-refractivity contribution < 1.29 is 13.2 Å². The van der Waals surface area contributed by atoms with E-state index in [9.17, 15) is 13.2 Å². The van der Waals surface area contributed by atoms with Gasteiger partial charge in [0.05, 0.1) is 9.77 Å². The van der Waals surface area contributed by atoms with Crippen LogP contribution >= 0.6 is 11.3 Å². The van der Waals surface area contributed by atoms with Gasteiger partial charge in [-0.3, -0.25) is 4.79 Å². The molecule has 1 amide bonds. The van der Waals surface area contributed by atoms with Gasteiger partial charge in [0.2, 0.25) is 10.0 Å². The van der Waals surface area contributed by atoms with Crippen LogP contribution in [0.5, 0.6) is 0 Å². The lowest BCUT2D eigenvalue weighted by Crippen LogP contribution is -2.24. The number of thiophene rings is 1. The molecule has 25 heavy (non-hydrogen) atoms. The van der Waals surface area contributed by atoms with Crippen molar-refractivity contribution in [2.75, 3.05) is 6.54 Å². The number of aryl methyl sites for hydroxylation is 1. The van der Waals surface area contributed by atoms with Gasteiger partial charge in [-0.25, -0.2) is 13.6 Å². The van der Waals surface area contributed by atoms with Crippen molar-refractivity contribution in [1.82, 2.24) is 5.32 Å². The third kappa shape index (κ3) is 4.48. The Bertz CT molecular complexity index is 870. The Morgan fingerprint density at radius 2 is 2.04 bits per heavy atom. The van der Waals surface area contributed by atoms with Gasteiger partial charge in [0, 0.05) is 11.4 Å². The number of amides is 1. The second-order valence-corrected chi connectivity index (χ2v) is 9.30. The summed E-state index contributed by atoms with van der Waals surface area (Å²) in [5.41, 5.74) is 2.28. The van der Waals surface area contributed by atoms with Crippen LogP contribution in [0.15, 0.2) is 35.2 Å². The number of hydrogen-bond acceptors (Lipinski definition) is 4. The molecule has 1 heterocycles. The largest absolute Gasteiger partial charge is 0.351 e. The maximum atomic E-state index is 12.3. The van der Waals surface area contributed by atoms with Crippen LogP contribution in [0.3, 0.4) is 0 Å². The molecule has 0 unspecified atom stereocenters. The molecule has 3 rings (SSSR count). The molecule has 7 heteroatoms. The third-order valence-electron chi connectivity index (χ3n) is 4.50. The summed E-state index contributed by atoms with van der Waals surface area (Å²) in [5, 5.41) is 8.02. The Balaban J connectivity index is 1.54. The molecular weight excluding hydrogens is 356 g/mol. The number of benzene rings is 1. The molecule has 1 aliphatic rings. The van der Waals surface area contributed by atoms with Gasteiger partial charge in [-0.15, -0.1) is 11.3 Å². The van der Waals surface area contributed by atoms with Gasteiger partial charge in [-0.1, -0.05) is 19.1 Å². The van der Waals surface area contributed by atoms with E-state index in [-0.39, 0.29) is 10.8 Å². The second-order valence-electron chi connectivity index (χ2n) is 6.60. The molecule has 3 N–H and O–H groups in total. The predicted octanol–water partition coefficient (Wildman–Crippen LogP) is 2.49. The maximum absolute atomic E-state index is 12.3. The first-order chi connectivity index (χ1) is 11.8. The van der Waals surface area contributed by atoms with Crippen molar-refractivity contribution in [1.29, 1.82) is 0 Å². The van der Waals surface area contributed by atoms with Gasteiger partial charge in [-0.05, 0) is 60.9 Å². The highest BCUT2D eigenvalue weighted by atomic mass is 32.2. The van der Waals surface area contributed by atoms with Crippen LogP contribution in [0.2, 0.25) is 0 Å². The highest BCUT2D eigenvalue weighted by Crippen LogP contribution is 2.32. The topological polar surface area (TPSA) is 89.3 Å². The summed E-state index contributed by atoms with van der Waals surface area (Å²) < 4.78 is 22.5. The normalized spacial score (nSPS) is 17.1. The quantitative estimate of drug-likeness (QED) is 0.838. The number of fused-ring (bicyclic) bond motifs is 1. The summed E-state index contributed by atoms with van der Waals surface area (Å²) in [4.78, 5) is 14.5. The van der Waals surface area contributed by atoms with Gasteiger partial charge < -0.3 is 5.32 Å². The molecule has 0 spiro atoms. The Morgan fingerprint density at radius 3 is 2.72 bits per heavy atom. The third-order valence-corrected chi connectivity index (χ3v) is 6.67. The average Bonchev–Trinajstić information content (AvgIpc) is 2.97. The number of carbonyl (C=O) groups is 1. The Kier molecular flexibility index (Phi) is 5.27. The number of primary sulfonamides is 1. The van der Waals surface area contributed by atoms with Crippen molar-refractivity contribution >= 4 is 27.3 Å². The first kappa shape index (κ1) is 18.1. The molecule has 0 aliphatic heterocycles. The number of rotatable bonds is 5. The molecule has 0 fully saturated rings. The summed E-state index contributed by atoms with van der Waals surface area (Å²) in [6.45, 7) is 2.76. The van der Waals surface area contributed by atoms with Crippen LogP contribution in [0, 0.1) is 5.92 Å². The van der Waals surface area contributed by atoms with E-state index in [0.717, 1.165) is 23.3 Å². The maximum Gasteiger partial charge on any atom is 0.261 e. The molecule has 5 nitrogen and oxygen atoms in total. The zero-order valence-corrected chi connectivity index (χ0v) is 15.8. The number of sulfonamides is 1. The van der Waals surface area contributed by atoms with E-state index in [1.807, 2.05) is 6.07 Å². The minimum atomic E-state index is -3.66. The zero-order chi connectivity index (χ0) is 18.0. The summed E-state index contributed by atoms with van der Waals surface area (Å²) in [5.74, 6) is 0.659. The Hall–Kier alpha value is -1.70. The molecule has 0 saturated carbocycles. The first-order valence-electron chi connectivity index (χ1n) is 8.34. The lowest BCUT2D eigenvalue weighted by atomic mass is 9.90. The molecule has 1 aromatic heterocycles. The van der Waals surface area contributed by atoms with Crippen LogP contribution in [0.25, 0.3) is 0 Å². The Labute approximate surface area is 152 Å². The highest BCUT2D eigenvalue weighted by Gasteiger charge is 2.20. The minimum absolute atomic E-state index is 0.0341. The van der Waals surface area contributed by atoms with E-state index in [2.05, 4.69) is 12.2 Å². The van der Waals surface area contributed by atoms with Crippen LogP contribution in [-0.2, 0) is 29.3 Å². The van der Waals surface area contributed by atoms with Crippen molar-refractivity contribution in [2.24, 2.45) is 11.1 Å². The lowest BCUT2D eigenvalue weighted by Gasteiger charge is -2.16. The van der Waals surface area contributed by atoms with Crippen LogP contribution < -0.4 is 10.5 Å². The summed E-state index contributed by atoms with van der Waals surface area (Å²) in [7, 11) is -3.66. The van der Waals surface area contributed by atoms with Crippen molar-refractivity contribution in [2.45, 2.75) is 37.5 Å². The molecule has 2 aromatic rings.